The summed E-state index contributed by atoms with van der Waals surface area (Å²) in [6, 6.07) is 22.3. The molecule has 0 fully saturated rings. The molecular weight excluding hydrogens is 516 g/mol. The van der Waals surface area contributed by atoms with Gasteiger partial charge in [0.25, 0.3) is 0 Å². The molecule has 0 saturated carbocycles. The highest BCUT2D eigenvalue weighted by atomic mass is 32.1. The number of aryl methyl sites for hydroxylation is 2. The third kappa shape index (κ3) is 5.38. The summed E-state index contributed by atoms with van der Waals surface area (Å²) in [4.78, 5) is 12.3. The van der Waals surface area contributed by atoms with Gasteiger partial charge < -0.3 is 9.55 Å². The molecule has 13 heteroatoms. The van der Waals surface area contributed by atoms with E-state index in [1.807, 2.05) is 69.0 Å². The van der Waals surface area contributed by atoms with Gasteiger partial charge in [-0.3, -0.25) is 0 Å². The normalized spacial score (nSPS) is 10.5. The van der Waals surface area contributed by atoms with Crippen molar-refractivity contribution in [3.63, 3.8) is 0 Å². The molecule has 0 atom stereocenters. The molecule has 0 aliphatic heterocycles. The molecule has 7 aromatic rings. The number of hydrogen-bond donors (Lipinski definition) is 1. The molecule has 0 unspecified atom stereocenters. The third-order valence-electron chi connectivity index (χ3n) is 5.93. The first-order chi connectivity index (χ1) is 19.1. The van der Waals surface area contributed by atoms with Gasteiger partial charge in [0.15, 0.2) is 0 Å². The lowest BCUT2D eigenvalue weighted by Crippen LogP contribution is -1.98. The lowest BCUT2D eigenvalue weighted by Gasteiger charge is -2.06. The number of aromatic amines is 1. The monoisotopic (exact) mass is 538 g/mol. The summed E-state index contributed by atoms with van der Waals surface area (Å²) in [5, 5.41) is 17.8. The van der Waals surface area contributed by atoms with E-state index in [4.69, 9.17) is 13.4 Å². The molecule has 6 aromatic heterocycles. The van der Waals surface area contributed by atoms with E-state index in [0.29, 0.717) is 0 Å². The predicted octanol–water partition coefficient (Wildman–Crippen LogP) is 3.51. The molecule has 6 heterocycles. The van der Waals surface area contributed by atoms with Gasteiger partial charge in [-0.05, 0) is 48.5 Å². The number of rotatable bonds is 3. The topological polar surface area (TPSA) is 142 Å². The summed E-state index contributed by atoms with van der Waals surface area (Å²) in [5.74, 6) is 0. The SMILES string of the molecule is Cn1nncc1-c1ccc2cc[nH]c2n1.Cn1nncc1-c1ccc2ccn(-c3ccccc3)c2n1.O=S=O. The zero-order valence-electron chi connectivity index (χ0n) is 20.9. The fourth-order valence-electron chi connectivity index (χ4n) is 4.06. The molecule has 0 aliphatic rings. The van der Waals surface area contributed by atoms with Crippen LogP contribution in [-0.2, 0) is 25.7 Å². The second kappa shape index (κ2) is 11.4. The van der Waals surface area contributed by atoms with E-state index >= 15 is 0 Å². The van der Waals surface area contributed by atoms with Crippen molar-refractivity contribution in [1.82, 2.24) is 49.5 Å². The first-order valence-corrected chi connectivity index (χ1v) is 12.3. The third-order valence-corrected chi connectivity index (χ3v) is 5.93. The number of pyridine rings is 2. The number of fused-ring (bicyclic) bond motifs is 2. The van der Waals surface area contributed by atoms with E-state index < -0.39 is 11.6 Å². The van der Waals surface area contributed by atoms with Crippen molar-refractivity contribution in [2.45, 2.75) is 0 Å². The maximum absolute atomic E-state index is 8.29. The number of aromatic nitrogens is 10. The van der Waals surface area contributed by atoms with E-state index in [1.165, 1.54) is 0 Å². The van der Waals surface area contributed by atoms with Crippen LogP contribution in [0.3, 0.4) is 0 Å². The fraction of sp³-hybridized carbons (Fsp3) is 0.0769. The second-order valence-electron chi connectivity index (χ2n) is 8.30. The number of nitrogens with zero attached hydrogens (tertiary/aromatic N) is 9. The van der Waals surface area contributed by atoms with E-state index in [2.05, 4.69) is 59.4 Å². The minimum atomic E-state index is -0.750. The zero-order chi connectivity index (χ0) is 27.2. The van der Waals surface area contributed by atoms with Gasteiger partial charge in [0.1, 0.15) is 22.7 Å². The van der Waals surface area contributed by atoms with E-state index in [-0.39, 0.29) is 0 Å². The minimum absolute atomic E-state index is 0.750. The predicted molar refractivity (Wildman–Crippen MR) is 146 cm³/mol. The smallest absolute Gasteiger partial charge is 0.335 e. The summed E-state index contributed by atoms with van der Waals surface area (Å²) in [7, 11) is 3.72. The van der Waals surface area contributed by atoms with Crippen molar-refractivity contribution in [3.05, 3.63) is 91.5 Å². The largest absolute Gasteiger partial charge is 0.346 e. The average Bonchev–Trinajstić information content (AvgIpc) is 3.76. The average molecular weight is 539 g/mol. The molecule has 7 rings (SSSR count). The summed E-state index contributed by atoms with van der Waals surface area (Å²) in [5.41, 5.74) is 6.46. The molecule has 0 spiro atoms. The van der Waals surface area contributed by atoms with Crippen molar-refractivity contribution in [2.75, 3.05) is 0 Å². The van der Waals surface area contributed by atoms with Gasteiger partial charge in [0.05, 0.1) is 23.8 Å². The van der Waals surface area contributed by atoms with E-state index in [9.17, 15) is 0 Å². The molecule has 0 aliphatic carbocycles. The van der Waals surface area contributed by atoms with Crippen LogP contribution in [0.25, 0.3) is 50.5 Å². The lowest BCUT2D eigenvalue weighted by molar-refractivity contribution is 0.630. The van der Waals surface area contributed by atoms with Gasteiger partial charge >= 0.3 is 11.6 Å². The van der Waals surface area contributed by atoms with Crippen LogP contribution < -0.4 is 0 Å². The molecule has 12 nitrogen and oxygen atoms in total. The van der Waals surface area contributed by atoms with Crippen LogP contribution in [0.15, 0.2) is 91.5 Å². The molecule has 1 N–H and O–H groups in total. The number of nitrogens with one attached hydrogen (secondary N) is 1. The summed E-state index contributed by atoms with van der Waals surface area (Å²) < 4.78 is 22.1. The maximum atomic E-state index is 8.29. The molecule has 0 radical (unpaired) electrons. The number of hydrogen-bond acceptors (Lipinski definition) is 8. The molecule has 0 saturated heterocycles. The van der Waals surface area contributed by atoms with Crippen LogP contribution in [0.1, 0.15) is 0 Å². The van der Waals surface area contributed by atoms with Crippen molar-refractivity contribution < 1.29 is 8.42 Å². The maximum Gasteiger partial charge on any atom is 0.335 e. The fourth-order valence-corrected chi connectivity index (χ4v) is 4.06. The summed E-state index contributed by atoms with van der Waals surface area (Å²) in [6.07, 6.45) is 7.35. The van der Waals surface area contributed by atoms with Gasteiger partial charge in [0.2, 0.25) is 0 Å². The Bertz CT molecular complexity index is 1880. The van der Waals surface area contributed by atoms with E-state index in [1.54, 1.807) is 21.8 Å². The minimum Gasteiger partial charge on any atom is -0.346 e. The highest BCUT2D eigenvalue weighted by molar-refractivity contribution is 7.51. The van der Waals surface area contributed by atoms with Crippen LogP contribution in [0, 0.1) is 0 Å². The standard InChI is InChI=1S/C16H13N5.C10H9N5.O2S/c1-20-15(11-17-19-20)14-8-7-12-9-10-21(16(12)18-14)13-5-3-2-4-6-13;1-15-9(6-12-14-15)8-3-2-7-4-5-11-10(7)13-8;1-3-2/h2-11H,1H3;2-6H,1H3,(H,11,13);. The summed E-state index contributed by atoms with van der Waals surface area (Å²) >= 11 is -0.750. The summed E-state index contributed by atoms with van der Waals surface area (Å²) in [6.45, 7) is 0. The van der Waals surface area contributed by atoms with Gasteiger partial charge in [-0.2, -0.15) is 8.42 Å². The first-order valence-electron chi connectivity index (χ1n) is 11.7. The number of H-pyrrole nitrogens is 1. The molecule has 0 amide bonds. The van der Waals surface area contributed by atoms with Crippen molar-refractivity contribution >= 4 is 33.6 Å². The highest BCUT2D eigenvalue weighted by Gasteiger charge is 2.10. The van der Waals surface area contributed by atoms with E-state index in [0.717, 1.165) is 50.5 Å². The van der Waals surface area contributed by atoms with Gasteiger partial charge in [-0.25, -0.2) is 19.3 Å². The molecule has 0 bridgehead atoms. The molecule has 1 aromatic carbocycles. The Morgan fingerprint density at radius 1 is 0.718 bits per heavy atom. The molecule has 39 heavy (non-hydrogen) atoms. The molecular formula is C26H22N10O2S. The lowest BCUT2D eigenvalue weighted by atomic mass is 10.2. The second-order valence-corrected chi connectivity index (χ2v) is 8.43. The van der Waals surface area contributed by atoms with Crippen LogP contribution in [0.2, 0.25) is 0 Å². The number of benzene rings is 1. The quantitative estimate of drug-likeness (QED) is 0.360. The Kier molecular flexibility index (Phi) is 7.41. The van der Waals surface area contributed by atoms with Gasteiger partial charge in [-0.15, -0.1) is 10.2 Å². The Hall–Kier alpha value is -5.30. The van der Waals surface area contributed by atoms with Crippen LogP contribution in [0.4, 0.5) is 0 Å². The Morgan fingerprint density at radius 3 is 1.95 bits per heavy atom. The van der Waals surface area contributed by atoms with Gasteiger partial charge in [-0.1, -0.05) is 28.6 Å². The van der Waals surface area contributed by atoms with Crippen molar-refractivity contribution in [2.24, 2.45) is 14.1 Å². The zero-order valence-corrected chi connectivity index (χ0v) is 21.7. The van der Waals surface area contributed by atoms with Crippen molar-refractivity contribution in [3.8, 4) is 28.5 Å². The molecule has 194 valence electrons. The Labute approximate surface area is 225 Å². The number of para-hydroxylation sites is 1. The van der Waals surface area contributed by atoms with Crippen molar-refractivity contribution in [1.29, 1.82) is 0 Å². The van der Waals surface area contributed by atoms with Crippen LogP contribution in [-0.4, -0.2) is 57.9 Å². The van der Waals surface area contributed by atoms with Crippen LogP contribution in [0.5, 0.6) is 0 Å². The highest BCUT2D eigenvalue weighted by Crippen LogP contribution is 2.23. The van der Waals surface area contributed by atoms with Gasteiger partial charge in [0, 0.05) is 42.9 Å². The Morgan fingerprint density at radius 2 is 1.33 bits per heavy atom. The Balaban J connectivity index is 0.000000150. The first kappa shape index (κ1) is 25.4. The van der Waals surface area contributed by atoms with Crippen LogP contribution >= 0.6 is 0 Å².